The fraction of sp³-hybridized carbons (Fsp3) is 0.111. The number of amides is 1. The second-order valence-corrected chi connectivity index (χ2v) is 5.11. The Morgan fingerprint density at radius 2 is 2.12 bits per heavy atom. The maximum Gasteiger partial charge on any atom is 0.271 e. The number of hydrazone groups is 1. The summed E-state index contributed by atoms with van der Waals surface area (Å²) in [5.74, 6) is 0.880. The molecular formula is C18H16N2O4. The molecule has 3 rings (SSSR count). The van der Waals surface area contributed by atoms with E-state index in [1.165, 1.54) is 6.21 Å². The van der Waals surface area contributed by atoms with Gasteiger partial charge in [-0.05, 0) is 36.2 Å². The number of aromatic hydroxyl groups is 1. The number of rotatable bonds is 5. The van der Waals surface area contributed by atoms with Crippen LogP contribution in [0.25, 0.3) is 0 Å². The van der Waals surface area contributed by atoms with E-state index in [1.54, 1.807) is 42.5 Å². The summed E-state index contributed by atoms with van der Waals surface area (Å²) in [4.78, 5) is 12.1. The van der Waals surface area contributed by atoms with E-state index < -0.39 is 0 Å². The van der Waals surface area contributed by atoms with E-state index in [4.69, 9.17) is 9.47 Å². The molecule has 122 valence electrons. The third-order valence-corrected chi connectivity index (χ3v) is 3.52. The quantitative estimate of drug-likeness (QED) is 0.503. The summed E-state index contributed by atoms with van der Waals surface area (Å²) in [5, 5.41) is 14.0. The van der Waals surface area contributed by atoms with Crippen molar-refractivity contribution in [3.8, 4) is 17.2 Å². The monoisotopic (exact) mass is 324 g/mol. The van der Waals surface area contributed by atoms with Gasteiger partial charge in [0.25, 0.3) is 5.91 Å². The molecule has 0 bridgehead atoms. The molecule has 1 aliphatic heterocycles. The summed E-state index contributed by atoms with van der Waals surface area (Å²) in [7, 11) is 0. The van der Waals surface area contributed by atoms with Crippen molar-refractivity contribution >= 4 is 12.1 Å². The Bertz CT molecular complexity index is 815. The molecular weight excluding hydrogens is 308 g/mol. The molecule has 0 fully saturated rings. The number of fused-ring (bicyclic) bond motifs is 1. The van der Waals surface area contributed by atoms with Gasteiger partial charge in [-0.2, -0.15) is 5.10 Å². The highest BCUT2D eigenvalue weighted by Crippen LogP contribution is 2.32. The number of hydrogen-bond acceptors (Lipinski definition) is 5. The molecule has 0 spiro atoms. The molecule has 0 atom stereocenters. The minimum absolute atomic E-state index is 0.124. The van der Waals surface area contributed by atoms with Crippen molar-refractivity contribution < 1.29 is 19.4 Å². The molecule has 0 unspecified atom stereocenters. The molecule has 6 nitrogen and oxygen atoms in total. The Hall–Kier alpha value is -3.28. The standard InChI is InChI=1S/C18H16N2O4/c1-2-4-12-5-3-6-14(17(12)21)10-19-20-18(22)13-7-8-15-16(9-13)24-11-23-15/h2-3,5-10,21H,1,4,11H2,(H,20,22). The Labute approximate surface area is 139 Å². The van der Waals surface area contributed by atoms with Crippen LogP contribution in [-0.2, 0) is 6.42 Å². The first-order chi connectivity index (χ1) is 11.7. The third kappa shape index (κ3) is 3.22. The smallest absolute Gasteiger partial charge is 0.271 e. The van der Waals surface area contributed by atoms with Crippen LogP contribution in [0.2, 0.25) is 0 Å². The number of phenols is 1. The number of phenolic OH excluding ortho intramolecular Hbond substituents is 1. The van der Waals surface area contributed by atoms with Crippen LogP contribution in [0.1, 0.15) is 21.5 Å². The highest BCUT2D eigenvalue weighted by molar-refractivity contribution is 5.95. The number of nitrogens with one attached hydrogen (secondary N) is 1. The van der Waals surface area contributed by atoms with Crippen LogP contribution >= 0.6 is 0 Å². The molecule has 2 N–H and O–H groups in total. The predicted octanol–water partition coefficient (Wildman–Crippen LogP) is 2.61. The number of benzene rings is 2. The van der Waals surface area contributed by atoms with E-state index in [9.17, 15) is 9.90 Å². The van der Waals surface area contributed by atoms with Crippen molar-refractivity contribution in [1.29, 1.82) is 0 Å². The lowest BCUT2D eigenvalue weighted by molar-refractivity contribution is 0.0954. The maximum atomic E-state index is 12.1. The number of carbonyl (C=O) groups is 1. The van der Waals surface area contributed by atoms with Crippen LogP contribution in [0, 0.1) is 0 Å². The van der Waals surface area contributed by atoms with Gasteiger partial charge in [0.05, 0.1) is 6.21 Å². The summed E-state index contributed by atoms with van der Waals surface area (Å²) in [6.07, 6.45) is 3.65. The summed E-state index contributed by atoms with van der Waals surface area (Å²) < 4.78 is 10.4. The van der Waals surface area contributed by atoms with Crippen molar-refractivity contribution in [1.82, 2.24) is 5.43 Å². The minimum atomic E-state index is -0.383. The van der Waals surface area contributed by atoms with Crippen molar-refractivity contribution in [3.05, 3.63) is 65.7 Å². The SMILES string of the molecule is C=CCc1cccc(C=NNC(=O)c2ccc3c(c2)OCO3)c1O. The highest BCUT2D eigenvalue weighted by atomic mass is 16.7. The highest BCUT2D eigenvalue weighted by Gasteiger charge is 2.15. The van der Waals surface area contributed by atoms with Gasteiger partial charge in [-0.25, -0.2) is 5.43 Å². The molecule has 1 aliphatic rings. The van der Waals surface area contributed by atoms with E-state index in [0.717, 1.165) is 5.56 Å². The predicted molar refractivity (Wildman–Crippen MR) is 89.6 cm³/mol. The van der Waals surface area contributed by atoms with Gasteiger partial charge in [-0.1, -0.05) is 18.2 Å². The average molecular weight is 324 g/mol. The van der Waals surface area contributed by atoms with Gasteiger partial charge < -0.3 is 14.6 Å². The number of hydrogen-bond donors (Lipinski definition) is 2. The van der Waals surface area contributed by atoms with Crippen LogP contribution in [0.4, 0.5) is 0 Å². The second-order valence-electron chi connectivity index (χ2n) is 5.11. The zero-order valence-corrected chi connectivity index (χ0v) is 12.9. The lowest BCUT2D eigenvalue weighted by Crippen LogP contribution is -2.17. The first-order valence-corrected chi connectivity index (χ1v) is 7.34. The minimum Gasteiger partial charge on any atom is -0.507 e. The molecule has 0 radical (unpaired) electrons. The van der Waals surface area contributed by atoms with E-state index in [-0.39, 0.29) is 18.4 Å². The van der Waals surface area contributed by atoms with Crippen molar-refractivity contribution in [2.75, 3.05) is 6.79 Å². The van der Waals surface area contributed by atoms with E-state index in [0.29, 0.717) is 29.0 Å². The summed E-state index contributed by atoms with van der Waals surface area (Å²) in [5.41, 5.74) is 4.08. The van der Waals surface area contributed by atoms with Crippen LogP contribution in [0.5, 0.6) is 17.2 Å². The topological polar surface area (TPSA) is 80.2 Å². The van der Waals surface area contributed by atoms with E-state index >= 15 is 0 Å². The summed E-state index contributed by atoms with van der Waals surface area (Å²) >= 11 is 0. The Morgan fingerprint density at radius 3 is 2.96 bits per heavy atom. The van der Waals surface area contributed by atoms with Crippen molar-refractivity contribution in [2.45, 2.75) is 6.42 Å². The fourth-order valence-electron chi connectivity index (χ4n) is 2.30. The van der Waals surface area contributed by atoms with Crippen molar-refractivity contribution in [3.63, 3.8) is 0 Å². The molecule has 0 saturated carbocycles. The lowest BCUT2D eigenvalue weighted by Gasteiger charge is -2.05. The van der Waals surface area contributed by atoms with Gasteiger partial charge in [0.1, 0.15) is 5.75 Å². The molecule has 1 heterocycles. The largest absolute Gasteiger partial charge is 0.507 e. The number of carbonyl (C=O) groups excluding carboxylic acids is 1. The maximum absolute atomic E-state index is 12.1. The first-order valence-electron chi connectivity index (χ1n) is 7.34. The first kappa shape index (κ1) is 15.6. The Kier molecular flexibility index (Phi) is 4.47. The number of para-hydroxylation sites is 1. The fourth-order valence-corrected chi connectivity index (χ4v) is 2.30. The number of nitrogens with zero attached hydrogens (tertiary/aromatic N) is 1. The molecule has 2 aromatic carbocycles. The molecule has 0 saturated heterocycles. The molecule has 24 heavy (non-hydrogen) atoms. The van der Waals surface area contributed by atoms with E-state index in [2.05, 4.69) is 17.1 Å². The molecule has 6 heteroatoms. The van der Waals surface area contributed by atoms with Gasteiger partial charge in [0, 0.05) is 11.1 Å². The van der Waals surface area contributed by atoms with Gasteiger partial charge in [0.15, 0.2) is 11.5 Å². The molecule has 0 aromatic heterocycles. The lowest BCUT2D eigenvalue weighted by atomic mass is 10.1. The van der Waals surface area contributed by atoms with Gasteiger partial charge in [-0.3, -0.25) is 4.79 Å². The summed E-state index contributed by atoms with van der Waals surface area (Å²) in [6, 6.07) is 10.2. The van der Waals surface area contributed by atoms with Crippen LogP contribution in [-0.4, -0.2) is 24.0 Å². The van der Waals surface area contributed by atoms with Crippen LogP contribution in [0.15, 0.2) is 54.2 Å². The third-order valence-electron chi connectivity index (χ3n) is 3.52. The zero-order chi connectivity index (χ0) is 16.9. The Balaban J connectivity index is 1.69. The normalized spacial score (nSPS) is 12.3. The zero-order valence-electron chi connectivity index (χ0n) is 12.9. The number of ether oxygens (including phenoxy) is 2. The Morgan fingerprint density at radius 1 is 1.29 bits per heavy atom. The molecule has 2 aromatic rings. The van der Waals surface area contributed by atoms with Crippen LogP contribution in [0.3, 0.4) is 0 Å². The van der Waals surface area contributed by atoms with Crippen LogP contribution < -0.4 is 14.9 Å². The van der Waals surface area contributed by atoms with Crippen molar-refractivity contribution in [2.24, 2.45) is 5.10 Å². The number of allylic oxidation sites excluding steroid dienone is 1. The summed E-state index contributed by atoms with van der Waals surface area (Å²) in [6.45, 7) is 3.80. The molecule has 1 amide bonds. The van der Waals surface area contributed by atoms with Gasteiger partial charge in [0.2, 0.25) is 6.79 Å². The molecule has 0 aliphatic carbocycles. The second kappa shape index (κ2) is 6.87. The van der Waals surface area contributed by atoms with Gasteiger partial charge in [-0.15, -0.1) is 6.58 Å². The van der Waals surface area contributed by atoms with Gasteiger partial charge >= 0.3 is 0 Å². The van der Waals surface area contributed by atoms with E-state index in [1.807, 2.05) is 0 Å². The average Bonchev–Trinajstić information content (AvgIpc) is 3.06.